The van der Waals surface area contributed by atoms with E-state index in [-0.39, 0.29) is 12.1 Å². The van der Waals surface area contributed by atoms with E-state index in [4.69, 9.17) is 4.74 Å². The van der Waals surface area contributed by atoms with Gasteiger partial charge in [-0.15, -0.1) is 0 Å². The lowest BCUT2D eigenvalue weighted by atomic mass is 9.94. The number of carbonyl (C=O) groups excluding carboxylic acids is 2. The Labute approximate surface area is 116 Å². The fraction of sp³-hybridized carbons (Fsp3) is 0.867. The van der Waals surface area contributed by atoms with Crippen molar-refractivity contribution >= 4 is 12.4 Å². The summed E-state index contributed by atoms with van der Waals surface area (Å²) in [5.74, 6) is 0. The van der Waals surface area contributed by atoms with Gasteiger partial charge in [0.05, 0.1) is 0 Å². The smallest absolute Gasteiger partial charge is 0.410 e. The molecule has 4 heteroatoms. The molecule has 1 aliphatic carbocycles. The van der Waals surface area contributed by atoms with Crippen LogP contribution in [-0.4, -0.2) is 35.5 Å². The predicted octanol–water partition coefficient (Wildman–Crippen LogP) is 3.54. The molecular formula is C15H27NO3. The first-order valence-electron chi connectivity index (χ1n) is 7.37. The molecule has 0 aliphatic heterocycles. The van der Waals surface area contributed by atoms with Crippen molar-refractivity contribution in [3.8, 4) is 0 Å². The van der Waals surface area contributed by atoms with E-state index in [0.717, 1.165) is 25.5 Å². The Morgan fingerprint density at radius 3 is 2.42 bits per heavy atom. The van der Waals surface area contributed by atoms with Crippen molar-refractivity contribution < 1.29 is 14.3 Å². The Morgan fingerprint density at radius 1 is 1.26 bits per heavy atom. The highest BCUT2D eigenvalue weighted by molar-refractivity contribution is 5.68. The van der Waals surface area contributed by atoms with E-state index >= 15 is 0 Å². The normalized spacial score (nSPS) is 17.0. The lowest BCUT2D eigenvalue weighted by molar-refractivity contribution is -0.108. The molecule has 0 N–H and O–H groups in total. The van der Waals surface area contributed by atoms with Crippen LogP contribution in [0.3, 0.4) is 0 Å². The van der Waals surface area contributed by atoms with Gasteiger partial charge in [-0.05, 0) is 40.0 Å². The SMILES string of the molecule is CC(C)(C)OC(=O)N(CCCC=O)C1CCCCC1. The number of carbonyl (C=O) groups is 2. The highest BCUT2D eigenvalue weighted by atomic mass is 16.6. The zero-order valence-electron chi connectivity index (χ0n) is 12.5. The molecule has 0 aromatic rings. The molecule has 110 valence electrons. The van der Waals surface area contributed by atoms with Crippen molar-refractivity contribution in [3.63, 3.8) is 0 Å². The molecule has 0 spiro atoms. The number of hydrogen-bond donors (Lipinski definition) is 0. The Kier molecular flexibility index (Phi) is 6.32. The summed E-state index contributed by atoms with van der Waals surface area (Å²) < 4.78 is 5.48. The van der Waals surface area contributed by atoms with Gasteiger partial charge in [-0.2, -0.15) is 0 Å². The van der Waals surface area contributed by atoms with Gasteiger partial charge >= 0.3 is 6.09 Å². The summed E-state index contributed by atoms with van der Waals surface area (Å²) in [6.45, 7) is 6.28. The zero-order chi connectivity index (χ0) is 14.3. The Hall–Kier alpha value is -1.06. The largest absolute Gasteiger partial charge is 0.444 e. The van der Waals surface area contributed by atoms with Gasteiger partial charge < -0.3 is 14.4 Å². The molecule has 0 atom stereocenters. The van der Waals surface area contributed by atoms with E-state index in [0.29, 0.717) is 13.0 Å². The van der Waals surface area contributed by atoms with Crippen molar-refractivity contribution in [1.82, 2.24) is 4.90 Å². The van der Waals surface area contributed by atoms with Crippen molar-refractivity contribution in [1.29, 1.82) is 0 Å². The minimum Gasteiger partial charge on any atom is -0.444 e. The average Bonchev–Trinajstić information content (AvgIpc) is 2.33. The van der Waals surface area contributed by atoms with Gasteiger partial charge in [0.15, 0.2) is 0 Å². The second kappa shape index (κ2) is 7.51. The van der Waals surface area contributed by atoms with Gasteiger partial charge in [0.2, 0.25) is 0 Å². The first kappa shape index (κ1) is 16.0. The molecule has 0 saturated heterocycles. The van der Waals surface area contributed by atoms with Crippen molar-refractivity contribution in [2.24, 2.45) is 0 Å². The lowest BCUT2D eigenvalue weighted by Crippen LogP contribution is -2.44. The zero-order valence-corrected chi connectivity index (χ0v) is 12.5. The van der Waals surface area contributed by atoms with Gasteiger partial charge in [0.25, 0.3) is 0 Å². The van der Waals surface area contributed by atoms with E-state index in [2.05, 4.69) is 0 Å². The molecule has 1 saturated carbocycles. The van der Waals surface area contributed by atoms with Crippen molar-refractivity contribution in [2.75, 3.05) is 6.54 Å². The molecule has 19 heavy (non-hydrogen) atoms. The van der Waals surface area contributed by atoms with Gasteiger partial charge in [-0.1, -0.05) is 19.3 Å². The fourth-order valence-electron chi connectivity index (χ4n) is 2.48. The number of amides is 1. The number of rotatable bonds is 5. The minimum absolute atomic E-state index is 0.231. The van der Waals surface area contributed by atoms with Gasteiger partial charge in [-0.25, -0.2) is 4.79 Å². The summed E-state index contributed by atoms with van der Waals surface area (Å²) in [6.07, 6.45) is 7.63. The van der Waals surface area contributed by atoms with Gasteiger partial charge in [0.1, 0.15) is 11.9 Å². The minimum atomic E-state index is -0.464. The third-order valence-electron chi connectivity index (χ3n) is 3.36. The summed E-state index contributed by atoms with van der Waals surface area (Å²) in [6, 6.07) is 0.287. The third kappa shape index (κ3) is 6.08. The molecule has 1 aliphatic rings. The van der Waals surface area contributed by atoms with E-state index in [1.807, 2.05) is 25.7 Å². The van der Waals surface area contributed by atoms with Crippen LogP contribution in [0.25, 0.3) is 0 Å². The molecule has 1 fully saturated rings. The van der Waals surface area contributed by atoms with Crippen LogP contribution in [0.1, 0.15) is 65.7 Å². The van der Waals surface area contributed by atoms with E-state index in [1.165, 1.54) is 19.3 Å². The molecule has 0 unspecified atom stereocenters. The standard InChI is InChI=1S/C15H27NO3/c1-15(2,3)19-14(18)16(11-7-8-12-17)13-9-5-4-6-10-13/h12-13H,4-11H2,1-3H3. The maximum absolute atomic E-state index is 12.3. The van der Waals surface area contributed by atoms with Crippen LogP contribution in [-0.2, 0) is 9.53 Å². The summed E-state index contributed by atoms with van der Waals surface area (Å²) in [4.78, 5) is 24.5. The molecule has 4 nitrogen and oxygen atoms in total. The van der Waals surface area contributed by atoms with Crippen molar-refractivity contribution in [3.05, 3.63) is 0 Å². The van der Waals surface area contributed by atoms with Gasteiger partial charge in [-0.3, -0.25) is 0 Å². The maximum Gasteiger partial charge on any atom is 0.410 e. The monoisotopic (exact) mass is 269 g/mol. The van der Waals surface area contributed by atoms with Crippen LogP contribution in [0.4, 0.5) is 4.79 Å². The van der Waals surface area contributed by atoms with Gasteiger partial charge in [0, 0.05) is 19.0 Å². The molecule has 0 heterocycles. The average molecular weight is 269 g/mol. The highest BCUT2D eigenvalue weighted by Crippen LogP contribution is 2.24. The topological polar surface area (TPSA) is 46.6 Å². The first-order valence-corrected chi connectivity index (χ1v) is 7.37. The van der Waals surface area contributed by atoms with E-state index < -0.39 is 5.60 Å². The predicted molar refractivity (Wildman–Crippen MR) is 75.1 cm³/mol. The van der Waals surface area contributed by atoms with Crippen LogP contribution < -0.4 is 0 Å². The lowest BCUT2D eigenvalue weighted by Gasteiger charge is -2.35. The molecule has 1 amide bonds. The molecule has 1 rings (SSSR count). The number of aldehydes is 1. The van der Waals surface area contributed by atoms with Crippen LogP contribution in [0.2, 0.25) is 0 Å². The molecular weight excluding hydrogens is 242 g/mol. The number of ether oxygens (including phenoxy) is 1. The highest BCUT2D eigenvalue weighted by Gasteiger charge is 2.28. The Balaban J connectivity index is 2.61. The van der Waals surface area contributed by atoms with Crippen LogP contribution >= 0.6 is 0 Å². The van der Waals surface area contributed by atoms with Crippen LogP contribution in [0, 0.1) is 0 Å². The maximum atomic E-state index is 12.3. The summed E-state index contributed by atoms with van der Waals surface area (Å²) >= 11 is 0. The van der Waals surface area contributed by atoms with E-state index in [9.17, 15) is 9.59 Å². The number of hydrogen-bond acceptors (Lipinski definition) is 3. The second-order valence-corrected chi connectivity index (χ2v) is 6.27. The van der Waals surface area contributed by atoms with Crippen molar-refractivity contribution in [2.45, 2.75) is 77.4 Å². The van der Waals surface area contributed by atoms with Crippen LogP contribution in [0.5, 0.6) is 0 Å². The second-order valence-electron chi connectivity index (χ2n) is 6.27. The number of nitrogens with zero attached hydrogens (tertiary/aromatic N) is 1. The Morgan fingerprint density at radius 2 is 1.89 bits per heavy atom. The summed E-state index contributed by atoms with van der Waals surface area (Å²) in [7, 11) is 0. The Bertz CT molecular complexity index is 290. The van der Waals surface area contributed by atoms with E-state index in [1.54, 1.807) is 0 Å². The quantitative estimate of drug-likeness (QED) is 0.566. The fourth-order valence-corrected chi connectivity index (χ4v) is 2.48. The first-order chi connectivity index (χ1) is 8.94. The van der Waals surface area contributed by atoms with Crippen LogP contribution in [0.15, 0.2) is 0 Å². The molecule has 0 aromatic carbocycles. The molecule has 0 aromatic heterocycles. The number of unbranched alkanes of at least 4 members (excludes halogenated alkanes) is 1. The summed E-state index contributed by atoms with van der Waals surface area (Å²) in [5.41, 5.74) is -0.464. The molecule has 0 radical (unpaired) electrons. The summed E-state index contributed by atoms with van der Waals surface area (Å²) in [5, 5.41) is 0. The molecule has 0 bridgehead atoms. The third-order valence-corrected chi connectivity index (χ3v) is 3.36.